The van der Waals surface area contributed by atoms with E-state index in [0.717, 1.165) is 72.7 Å². The molecule has 1 aliphatic carbocycles. The van der Waals surface area contributed by atoms with Crippen molar-refractivity contribution in [2.75, 3.05) is 0 Å². The molecule has 0 radical (unpaired) electrons. The van der Waals surface area contributed by atoms with Gasteiger partial charge in [-0.3, -0.25) is 0 Å². The van der Waals surface area contributed by atoms with E-state index in [-0.39, 0.29) is 12.0 Å². The van der Waals surface area contributed by atoms with E-state index >= 15 is 0 Å². The molecule has 3 heterocycles. The quantitative estimate of drug-likeness (QED) is 0.153. The average Bonchev–Trinajstić information content (AvgIpc) is 3.98. The van der Waals surface area contributed by atoms with Crippen molar-refractivity contribution in [2.45, 2.75) is 12.0 Å². The van der Waals surface area contributed by atoms with Gasteiger partial charge in [-0.05, 0) is 80.9 Å². The van der Waals surface area contributed by atoms with Crippen molar-refractivity contribution in [1.82, 2.24) is 19.5 Å². The molecular formula is C63H42N4O. The molecule has 0 fully saturated rings. The van der Waals surface area contributed by atoms with Crippen LogP contribution in [0.2, 0.25) is 0 Å². The van der Waals surface area contributed by atoms with E-state index in [0.29, 0.717) is 17.5 Å². The van der Waals surface area contributed by atoms with Gasteiger partial charge in [0.2, 0.25) is 0 Å². The van der Waals surface area contributed by atoms with Crippen molar-refractivity contribution in [1.29, 1.82) is 0 Å². The van der Waals surface area contributed by atoms with E-state index in [9.17, 15) is 0 Å². The van der Waals surface area contributed by atoms with Gasteiger partial charge in [0.05, 0.1) is 16.8 Å². The van der Waals surface area contributed by atoms with Crippen LogP contribution in [0.5, 0.6) is 5.75 Å². The van der Waals surface area contributed by atoms with Crippen LogP contribution in [-0.2, 0) is 0 Å². The zero-order chi connectivity index (χ0) is 45.0. The van der Waals surface area contributed by atoms with Gasteiger partial charge in [0.25, 0.3) is 0 Å². The van der Waals surface area contributed by atoms with E-state index in [1.807, 2.05) is 12.1 Å². The van der Waals surface area contributed by atoms with E-state index in [2.05, 4.69) is 235 Å². The maximum atomic E-state index is 7.29. The number of rotatable bonds is 8. The molecule has 0 N–H and O–H groups in total. The predicted molar refractivity (Wildman–Crippen MR) is 276 cm³/mol. The van der Waals surface area contributed by atoms with Crippen LogP contribution < -0.4 is 4.74 Å². The zero-order valence-corrected chi connectivity index (χ0v) is 36.9. The molecule has 0 amide bonds. The van der Waals surface area contributed by atoms with Crippen molar-refractivity contribution in [2.24, 2.45) is 0 Å². The van der Waals surface area contributed by atoms with Crippen LogP contribution in [0.25, 0.3) is 101 Å². The molecular weight excluding hydrogens is 829 g/mol. The third-order valence-corrected chi connectivity index (χ3v) is 13.5. The fourth-order valence-electron chi connectivity index (χ4n) is 10.1. The summed E-state index contributed by atoms with van der Waals surface area (Å²) in [4.78, 5) is 15.7. The van der Waals surface area contributed by atoms with Gasteiger partial charge < -0.3 is 9.30 Å². The lowest BCUT2D eigenvalue weighted by atomic mass is 9.85. The van der Waals surface area contributed by atoms with Gasteiger partial charge in [-0.2, -0.15) is 0 Å². The Balaban J connectivity index is 0.896. The van der Waals surface area contributed by atoms with Gasteiger partial charge in [-0.15, -0.1) is 0 Å². The first-order chi connectivity index (χ1) is 33.7. The number of para-hydroxylation sites is 2. The van der Waals surface area contributed by atoms with Gasteiger partial charge in [-0.1, -0.05) is 206 Å². The molecule has 2 aromatic heterocycles. The highest BCUT2D eigenvalue weighted by Gasteiger charge is 2.41. The first-order valence-electron chi connectivity index (χ1n) is 23.2. The molecule has 0 bridgehead atoms. The summed E-state index contributed by atoms with van der Waals surface area (Å²) in [6.07, 6.45) is 4.36. The highest BCUT2D eigenvalue weighted by atomic mass is 16.5. The summed E-state index contributed by atoms with van der Waals surface area (Å²) >= 11 is 0. The van der Waals surface area contributed by atoms with Crippen molar-refractivity contribution in [3.63, 3.8) is 0 Å². The summed E-state index contributed by atoms with van der Waals surface area (Å²) in [5.74, 6) is 2.57. The Hall–Kier alpha value is -8.93. The molecule has 2 unspecified atom stereocenters. The van der Waals surface area contributed by atoms with Gasteiger partial charge in [0.1, 0.15) is 11.9 Å². The number of hydrogen-bond donors (Lipinski definition) is 0. The summed E-state index contributed by atoms with van der Waals surface area (Å²) < 4.78 is 9.68. The Kier molecular flexibility index (Phi) is 9.57. The second-order valence-electron chi connectivity index (χ2n) is 17.5. The van der Waals surface area contributed by atoms with Gasteiger partial charge in [0.15, 0.2) is 17.5 Å². The third-order valence-electron chi connectivity index (χ3n) is 13.5. The van der Waals surface area contributed by atoms with E-state index < -0.39 is 0 Å². The summed E-state index contributed by atoms with van der Waals surface area (Å²) in [6.45, 7) is 0. The Morgan fingerprint density at radius 3 is 1.54 bits per heavy atom. The SMILES string of the molecule is C1=CC2c3cccc(-c4nc(-c5ccc(-c6ccccc6)cc5)nc(-c5cccc(-c6ccccc6)c5)n4)c3OC2c2c1n(-c1cccc(-c3ccc(-c4ccccc4)cc3)c1)c1ccccc21. The minimum Gasteiger partial charge on any atom is -0.484 e. The number of nitrogens with zero attached hydrogens (tertiary/aromatic N) is 4. The van der Waals surface area contributed by atoms with Crippen LogP contribution in [0.3, 0.4) is 0 Å². The molecule has 320 valence electrons. The minimum atomic E-state index is -0.250. The maximum absolute atomic E-state index is 7.29. The maximum Gasteiger partial charge on any atom is 0.167 e. The molecule has 5 heteroatoms. The standard InChI is InChI=1S/C63H42N4O/c1-4-15-41(16-5-1)44-29-31-46(32-30-44)49-22-13-24-51(40-49)67-56-28-11-10-25-54(56)58-57(67)38-37-53-52-26-14-27-55(59(52)68-60(53)58)63-65-61(47-35-33-45(34-36-47)42-17-6-2-7-18-42)64-62(66-63)50-23-12-21-48(39-50)43-19-8-3-9-20-43/h1-40,53,60H. The molecule has 11 aromatic rings. The van der Waals surface area contributed by atoms with Crippen LogP contribution in [0, 0.1) is 0 Å². The van der Waals surface area contributed by atoms with Crippen molar-refractivity contribution >= 4 is 17.0 Å². The van der Waals surface area contributed by atoms with Crippen LogP contribution in [-0.4, -0.2) is 19.5 Å². The Morgan fingerprint density at radius 2 is 0.868 bits per heavy atom. The second-order valence-corrected chi connectivity index (χ2v) is 17.5. The number of fused-ring (bicyclic) bond motifs is 7. The fourth-order valence-corrected chi connectivity index (χ4v) is 10.1. The lowest BCUT2D eigenvalue weighted by Gasteiger charge is -2.22. The molecule has 2 aliphatic rings. The minimum absolute atomic E-state index is 0.0000301. The molecule has 2 atom stereocenters. The average molecular weight is 871 g/mol. The summed E-state index contributed by atoms with van der Waals surface area (Å²) in [5.41, 5.74) is 17.6. The molecule has 0 saturated carbocycles. The van der Waals surface area contributed by atoms with Crippen LogP contribution >= 0.6 is 0 Å². The Morgan fingerprint density at radius 1 is 0.382 bits per heavy atom. The smallest absolute Gasteiger partial charge is 0.167 e. The van der Waals surface area contributed by atoms with Crippen molar-refractivity contribution in [3.8, 4) is 90.1 Å². The van der Waals surface area contributed by atoms with Gasteiger partial charge in [-0.25, -0.2) is 15.0 Å². The first-order valence-corrected chi connectivity index (χ1v) is 23.2. The summed E-state index contributed by atoms with van der Waals surface area (Å²) in [7, 11) is 0. The van der Waals surface area contributed by atoms with E-state index in [4.69, 9.17) is 19.7 Å². The second kappa shape index (κ2) is 16.5. The summed E-state index contributed by atoms with van der Waals surface area (Å²) in [5, 5.41) is 1.18. The van der Waals surface area contributed by atoms with E-state index in [1.165, 1.54) is 27.6 Å². The highest BCUT2D eigenvalue weighted by Crippen LogP contribution is 2.55. The lowest BCUT2D eigenvalue weighted by Crippen LogP contribution is -2.13. The van der Waals surface area contributed by atoms with Crippen LogP contribution in [0.4, 0.5) is 0 Å². The molecule has 0 spiro atoms. The molecule has 5 nitrogen and oxygen atoms in total. The fraction of sp³-hybridized carbons (Fsp3) is 0.0317. The molecule has 9 aromatic carbocycles. The van der Waals surface area contributed by atoms with Crippen molar-refractivity contribution < 1.29 is 4.74 Å². The van der Waals surface area contributed by atoms with Crippen molar-refractivity contribution in [3.05, 3.63) is 253 Å². The molecule has 68 heavy (non-hydrogen) atoms. The number of benzene rings is 9. The van der Waals surface area contributed by atoms with Crippen LogP contribution in [0.1, 0.15) is 28.8 Å². The third kappa shape index (κ3) is 6.92. The number of hydrogen-bond acceptors (Lipinski definition) is 4. The number of aromatic nitrogens is 4. The highest BCUT2D eigenvalue weighted by molar-refractivity contribution is 5.92. The molecule has 13 rings (SSSR count). The van der Waals surface area contributed by atoms with Crippen LogP contribution in [0.15, 0.2) is 237 Å². The van der Waals surface area contributed by atoms with Gasteiger partial charge >= 0.3 is 0 Å². The number of ether oxygens (including phenoxy) is 1. The Labute approximate surface area is 395 Å². The zero-order valence-electron chi connectivity index (χ0n) is 36.9. The Bertz CT molecular complexity index is 3690. The molecule has 0 saturated heterocycles. The van der Waals surface area contributed by atoms with Gasteiger partial charge in [0, 0.05) is 39.2 Å². The monoisotopic (exact) mass is 870 g/mol. The largest absolute Gasteiger partial charge is 0.484 e. The topological polar surface area (TPSA) is 52.8 Å². The lowest BCUT2D eigenvalue weighted by molar-refractivity contribution is 0.225. The van der Waals surface area contributed by atoms with E-state index in [1.54, 1.807) is 0 Å². The first kappa shape index (κ1) is 39.4. The molecule has 1 aliphatic heterocycles. The summed E-state index contributed by atoms with van der Waals surface area (Å²) in [6, 6.07) is 81.1. The normalized spacial score (nSPS) is 14.5. The predicted octanol–water partition coefficient (Wildman–Crippen LogP) is 15.7.